The third-order valence-electron chi connectivity index (χ3n) is 3.61. The first kappa shape index (κ1) is 16.1. The second kappa shape index (κ2) is 6.63. The number of aliphatic hydroxyl groups is 1. The zero-order chi connectivity index (χ0) is 14.8. The first-order chi connectivity index (χ1) is 9.37. The third-order valence-corrected chi connectivity index (χ3v) is 4.19. The van der Waals surface area contributed by atoms with Crippen molar-refractivity contribution in [2.75, 3.05) is 13.2 Å². The molecule has 1 saturated heterocycles. The Labute approximate surface area is 130 Å². The van der Waals surface area contributed by atoms with Gasteiger partial charge in [0.15, 0.2) is 0 Å². The van der Waals surface area contributed by atoms with Crippen LogP contribution in [0.5, 0.6) is 0 Å². The molecule has 0 amide bonds. The summed E-state index contributed by atoms with van der Waals surface area (Å²) in [6.45, 7) is 5.38. The summed E-state index contributed by atoms with van der Waals surface area (Å²) in [5.74, 6) is 0. The summed E-state index contributed by atoms with van der Waals surface area (Å²) in [5, 5.41) is 14.8. The van der Waals surface area contributed by atoms with Crippen molar-refractivity contribution in [3.8, 4) is 0 Å². The lowest BCUT2D eigenvalue weighted by atomic mass is 9.94. The Morgan fingerprint density at radius 1 is 1.45 bits per heavy atom. The Kier molecular flexibility index (Phi) is 5.32. The molecule has 0 saturated carbocycles. The molecule has 0 aliphatic carbocycles. The number of aliphatic hydroxyl groups excluding tert-OH is 1. The van der Waals surface area contributed by atoms with Gasteiger partial charge in [0.2, 0.25) is 0 Å². The molecule has 20 heavy (non-hydrogen) atoms. The fourth-order valence-electron chi connectivity index (χ4n) is 2.56. The predicted octanol–water partition coefficient (Wildman–Crippen LogP) is 3.57. The number of benzene rings is 1. The van der Waals surface area contributed by atoms with E-state index in [4.69, 9.17) is 27.9 Å². The van der Waals surface area contributed by atoms with Gasteiger partial charge >= 0.3 is 0 Å². The Morgan fingerprint density at radius 3 is 2.90 bits per heavy atom. The Bertz CT molecular complexity index is 465. The van der Waals surface area contributed by atoms with Crippen LogP contribution in [0.3, 0.4) is 0 Å². The quantitative estimate of drug-likeness (QED) is 0.892. The van der Waals surface area contributed by atoms with Crippen LogP contribution in [0.15, 0.2) is 18.2 Å². The molecule has 1 fully saturated rings. The van der Waals surface area contributed by atoms with Gasteiger partial charge in [0.05, 0.1) is 11.7 Å². The van der Waals surface area contributed by atoms with Gasteiger partial charge in [-0.1, -0.05) is 23.2 Å². The summed E-state index contributed by atoms with van der Waals surface area (Å²) < 4.78 is 5.68. The monoisotopic (exact) mass is 317 g/mol. The zero-order valence-electron chi connectivity index (χ0n) is 11.8. The summed E-state index contributed by atoms with van der Waals surface area (Å²) in [5.41, 5.74) is 0.562. The zero-order valence-corrected chi connectivity index (χ0v) is 13.3. The molecule has 2 rings (SSSR count). The SMILES string of the molecule is CC1(C)CC(NCC(O)c2cc(Cl)ccc2Cl)CCO1. The summed E-state index contributed by atoms with van der Waals surface area (Å²) in [4.78, 5) is 0. The number of ether oxygens (including phenoxy) is 1. The van der Waals surface area contributed by atoms with E-state index in [1.54, 1.807) is 18.2 Å². The van der Waals surface area contributed by atoms with E-state index in [9.17, 15) is 5.11 Å². The van der Waals surface area contributed by atoms with Crippen molar-refractivity contribution < 1.29 is 9.84 Å². The standard InChI is InChI=1S/C15H21Cl2NO2/c1-15(2)8-11(5-6-20-15)18-9-14(19)12-7-10(16)3-4-13(12)17/h3-4,7,11,14,18-19H,5-6,8-9H2,1-2H3. The van der Waals surface area contributed by atoms with Crippen LogP contribution in [0, 0.1) is 0 Å². The Balaban J connectivity index is 1.92. The smallest absolute Gasteiger partial charge is 0.0929 e. The average molecular weight is 318 g/mol. The molecule has 5 heteroatoms. The Morgan fingerprint density at radius 2 is 2.20 bits per heavy atom. The van der Waals surface area contributed by atoms with Crippen LogP contribution in [0.2, 0.25) is 10.0 Å². The molecule has 2 N–H and O–H groups in total. The molecule has 1 aliphatic rings. The summed E-state index contributed by atoms with van der Waals surface area (Å²) in [6, 6.07) is 5.49. The van der Waals surface area contributed by atoms with Crippen LogP contribution in [-0.2, 0) is 4.74 Å². The molecule has 0 spiro atoms. The average Bonchev–Trinajstić information content (AvgIpc) is 2.38. The van der Waals surface area contributed by atoms with E-state index in [-0.39, 0.29) is 5.60 Å². The van der Waals surface area contributed by atoms with Gasteiger partial charge < -0.3 is 15.2 Å². The van der Waals surface area contributed by atoms with Crippen LogP contribution in [0.25, 0.3) is 0 Å². The fraction of sp³-hybridized carbons (Fsp3) is 0.600. The van der Waals surface area contributed by atoms with Gasteiger partial charge in [-0.25, -0.2) is 0 Å². The van der Waals surface area contributed by atoms with E-state index in [1.165, 1.54) is 0 Å². The predicted molar refractivity (Wildman–Crippen MR) is 82.5 cm³/mol. The van der Waals surface area contributed by atoms with Crippen LogP contribution in [0.4, 0.5) is 0 Å². The molecule has 1 heterocycles. The summed E-state index contributed by atoms with van der Waals surface area (Å²) in [7, 11) is 0. The number of halogens is 2. The first-order valence-corrected chi connectivity index (χ1v) is 7.63. The van der Waals surface area contributed by atoms with Gasteiger partial charge in [-0.05, 0) is 44.9 Å². The van der Waals surface area contributed by atoms with Gasteiger partial charge in [-0.2, -0.15) is 0 Å². The molecule has 3 nitrogen and oxygen atoms in total. The highest BCUT2D eigenvalue weighted by molar-refractivity contribution is 6.33. The first-order valence-electron chi connectivity index (χ1n) is 6.88. The van der Waals surface area contributed by atoms with Crippen LogP contribution >= 0.6 is 23.2 Å². The highest BCUT2D eigenvalue weighted by atomic mass is 35.5. The van der Waals surface area contributed by atoms with Gasteiger partial charge in [0, 0.05) is 34.8 Å². The van der Waals surface area contributed by atoms with Crippen molar-refractivity contribution in [3.63, 3.8) is 0 Å². The minimum Gasteiger partial charge on any atom is -0.387 e. The number of hydrogen-bond donors (Lipinski definition) is 2. The second-order valence-corrected chi connectivity index (χ2v) is 6.73. The number of hydrogen-bond acceptors (Lipinski definition) is 3. The van der Waals surface area contributed by atoms with Crippen molar-refractivity contribution in [1.29, 1.82) is 0 Å². The number of rotatable bonds is 4. The van der Waals surface area contributed by atoms with E-state index in [2.05, 4.69) is 19.2 Å². The van der Waals surface area contributed by atoms with E-state index < -0.39 is 6.10 Å². The summed E-state index contributed by atoms with van der Waals surface area (Å²) in [6.07, 6.45) is 1.23. The van der Waals surface area contributed by atoms with Crippen LogP contribution in [0.1, 0.15) is 38.4 Å². The highest BCUT2D eigenvalue weighted by Gasteiger charge is 2.28. The second-order valence-electron chi connectivity index (χ2n) is 5.89. The van der Waals surface area contributed by atoms with Gasteiger partial charge in [-0.15, -0.1) is 0 Å². The van der Waals surface area contributed by atoms with E-state index in [0.29, 0.717) is 28.2 Å². The van der Waals surface area contributed by atoms with Gasteiger partial charge in [0.1, 0.15) is 0 Å². The highest BCUT2D eigenvalue weighted by Crippen LogP contribution is 2.27. The fourth-order valence-corrected chi connectivity index (χ4v) is 2.99. The van der Waals surface area contributed by atoms with Crippen molar-refractivity contribution >= 4 is 23.2 Å². The Hall–Kier alpha value is -0.320. The molecule has 0 aromatic heterocycles. The molecule has 0 radical (unpaired) electrons. The van der Waals surface area contributed by atoms with Crippen molar-refractivity contribution in [2.24, 2.45) is 0 Å². The summed E-state index contributed by atoms with van der Waals surface area (Å²) >= 11 is 12.0. The molecule has 1 aliphatic heterocycles. The lowest BCUT2D eigenvalue weighted by Gasteiger charge is -2.36. The number of nitrogens with one attached hydrogen (secondary N) is 1. The van der Waals surface area contributed by atoms with Crippen molar-refractivity contribution in [2.45, 2.75) is 44.4 Å². The van der Waals surface area contributed by atoms with E-state index >= 15 is 0 Å². The third kappa shape index (κ3) is 4.34. The largest absolute Gasteiger partial charge is 0.387 e. The molecule has 2 unspecified atom stereocenters. The molecular weight excluding hydrogens is 297 g/mol. The minimum atomic E-state index is -0.660. The normalized spacial score (nSPS) is 23.6. The molecule has 1 aromatic carbocycles. The van der Waals surface area contributed by atoms with Crippen molar-refractivity contribution in [3.05, 3.63) is 33.8 Å². The lowest BCUT2D eigenvalue weighted by molar-refractivity contribution is -0.0638. The maximum absolute atomic E-state index is 10.2. The topological polar surface area (TPSA) is 41.5 Å². The van der Waals surface area contributed by atoms with Crippen molar-refractivity contribution in [1.82, 2.24) is 5.32 Å². The molecule has 112 valence electrons. The molecule has 0 bridgehead atoms. The van der Waals surface area contributed by atoms with Gasteiger partial charge in [0.25, 0.3) is 0 Å². The minimum absolute atomic E-state index is 0.103. The molecular formula is C15H21Cl2NO2. The van der Waals surface area contributed by atoms with E-state index in [0.717, 1.165) is 19.4 Å². The van der Waals surface area contributed by atoms with E-state index in [1.807, 2.05) is 0 Å². The molecule has 2 atom stereocenters. The van der Waals surface area contributed by atoms with Gasteiger partial charge in [-0.3, -0.25) is 0 Å². The molecule has 1 aromatic rings. The maximum atomic E-state index is 10.2. The lowest BCUT2D eigenvalue weighted by Crippen LogP contribution is -2.44. The maximum Gasteiger partial charge on any atom is 0.0929 e. The van der Waals surface area contributed by atoms with Crippen LogP contribution in [-0.4, -0.2) is 29.9 Å². The van der Waals surface area contributed by atoms with Crippen LogP contribution < -0.4 is 5.32 Å².